The number of carbonyl (C=O) groups excluding carboxylic acids is 1. The standard InChI is InChI=1S/C15H15FN2O/c1-10-7-8-11(16)9-14(10)18-15(19)12-5-3-4-6-13(12)17-2/h3-9,17H,1-2H3,(H,18,19). The van der Waals surface area contributed by atoms with Crippen LogP contribution in [0.1, 0.15) is 15.9 Å². The van der Waals surface area contributed by atoms with Crippen LogP contribution in [0, 0.1) is 12.7 Å². The second kappa shape index (κ2) is 5.52. The van der Waals surface area contributed by atoms with Gasteiger partial charge in [0.25, 0.3) is 5.91 Å². The van der Waals surface area contributed by atoms with Gasteiger partial charge in [0, 0.05) is 18.4 Å². The third-order valence-electron chi connectivity index (χ3n) is 2.89. The van der Waals surface area contributed by atoms with E-state index in [2.05, 4.69) is 10.6 Å². The topological polar surface area (TPSA) is 41.1 Å². The highest BCUT2D eigenvalue weighted by molar-refractivity contribution is 6.08. The minimum Gasteiger partial charge on any atom is -0.387 e. The molecular formula is C15H15FN2O. The zero-order chi connectivity index (χ0) is 13.8. The Bertz CT molecular complexity index is 611. The van der Waals surface area contributed by atoms with Crippen LogP contribution in [0.15, 0.2) is 42.5 Å². The number of nitrogens with one attached hydrogen (secondary N) is 2. The predicted octanol–water partition coefficient (Wildman–Crippen LogP) is 3.43. The lowest BCUT2D eigenvalue weighted by Gasteiger charge is -2.11. The van der Waals surface area contributed by atoms with Crippen LogP contribution >= 0.6 is 0 Å². The van der Waals surface area contributed by atoms with Crippen molar-refractivity contribution in [1.29, 1.82) is 0 Å². The molecule has 0 aliphatic heterocycles. The van der Waals surface area contributed by atoms with Gasteiger partial charge in [0.2, 0.25) is 0 Å². The summed E-state index contributed by atoms with van der Waals surface area (Å²) in [6.07, 6.45) is 0. The molecule has 0 spiro atoms. The Hall–Kier alpha value is -2.36. The summed E-state index contributed by atoms with van der Waals surface area (Å²) in [6.45, 7) is 1.82. The van der Waals surface area contributed by atoms with Crippen LogP contribution in [-0.2, 0) is 0 Å². The van der Waals surface area contributed by atoms with E-state index in [1.54, 1.807) is 25.2 Å². The third kappa shape index (κ3) is 2.91. The molecule has 0 heterocycles. The van der Waals surface area contributed by atoms with Crippen molar-refractivity contribution < 1.29 is 9.18 Å². The quantitative estimate of drug-likeness (QED) is 0.885. The van der Waals surface area contributed by atoms with Crippen molar-refractivity contribution >= 4 is 17.3 Å². The molecule has 1 amide bonds. The van der Waals surface area contributed by atoms with Crippen molar-refractivity contribution in [3.05, 3.63) is 59.4 Å². The van der Waals surface area contributed by atoms with Gasteiger partial charge in [-0.25, -0.2) is 4.39 Å². The maximum absolute atomic E-state index is 13.2. The summed E-state index contributed by atoms with van der Waals surface area (Å²) < 4.78 is 13.2. The lowest BCUT2D eigenvalue weighted by atomic mass is 10.1. The SMILES string of the molecule is CNc1ccccc1C(=O)Nc1cc(F)ccc1C. The maximum Gasteiger partial charge on any atom is 0.257 e. The Balaban J connectivity index is 2.28. The summed E-state index contributed by atoms with van der Waals surface area (Å²) in [5, 5.41) is 5.68. The molecule has 19 heavy (non-hydrogen) atoms. The van der Waals surface area contributed by atoms with Gasteiger partial charge >= 0.3 is 0 Å². The Labute approximate surface area is 111 Å². The van der Waals surface area contributed by atoms with Gasteiger partial charge in [-0.15, -0.1) is 0 Å². The number of rotatable bonds is 3. The van der Waals surface area contributed by atoms with Crippen molar-refractivity contribution in [2.24, 2.45) is 0 Å². The number of benzene rings is 2. The summed E-state index contributed by atoms with van der Waals surface area (Å²) in [7, 11) is 1.75. The first-order chi connectivity index (χ1) is 9.11. The molecule has 0 radical (unpaired) electrons. The molecule has 0 aliphatic rings. The van der Waals surface area contributed by atoms with E-state index in [0.29, 0.717) is 11.3 Å². The molecule has 2 aromatic rings. The molecule has 0 saturated carbocycles. The van der Waals surface area contributed by atoms with E-state index in [1.165, 1.54) is 12.1 Å². The highest BCUT2D eigenvalue weighted by atomic mass is 19.1. The molecule has 2 N–H and O–H groups in total. The number of amides is 1. The molecule has 0 bridgehead atoms. The zero-order valence-corrected chi connectivity index (χ0v) is 10.8. The third-order valence-corrected chi connectivity index (χ3v) is 2.89. The molecule has 0 fully saturated rings. The number of carbonyl (C=O) groups is 1. The van der Waals surface area contributed by atoms with Gasteiger partial charge in [-0.3, -0.25) is 4.79 Å². The van der Waals surface area contributed by atoms with Gasteiger partial charge in [-0.1, -0.05) is 18.2 Å². The lowest BCUT2D eigenvalue weighted by molar-refractivity contribution is 0.102. The van der Waals surface area contributed by atoms with E-state index in [-0.39, 0.29) is 11.7 Å². The second-order valence-corrected chi connectivity index (χ2v) is 4.21. The fraction of sp³-hybridized carbons (Fsp3) is 0.133. The van der Waals surface area contributed by atoms with Crippen molar-refractivity contribution in [2.75, 3.05) is 17.7 Å². The summed E-state index contributed by atoms with van der Waals surface area (Å²) in [4.78, 5) is 12.2. The van der Waals surface area contributed by atoms with Crippen LogP contribution in [0.4, 0.5) is 15.8 Å². The van der Waals surface area contributed by atoms with E-state index < -0.39 is 0 Å². The predicted molar refractivity (Wildman–Crippen MR) is 75.1 cm³/mol. The average Bonchev–Trinajstić information content (AvgIpc) is 2.42. The zero-order valence-electron chi connectivity index (χ0n) is 10.8. The molecule has 0 aromatic heterocycles. The number of aryl methyl sites for hydroxylation is 1. The maximum atomic E-state index is 13.2. The van der Waals surface area contributed by atoms with Gasteiger partial charge in [-0.05, 0) is 36.8 Å². The van der Waals surface area contributed by atoms with E-state index >= 15 is 0 Å². The van der Waals surface area contributed by atoms with Gasteiger partial charge in [-0.2, -0.15) is 0 Å². The smallest absolute Gasteiger partial charge is 0.257 e. The Morgan fingerprint density at radius 1 is 1.11 bits per heavy atom. The number of anilines is 2. The normalized spacial score (nSPS) is 10.1. The Kier molecular flexibility index (Phi) is 3.80. The number of hydrogen-bond acceptors (Lipinski definition) is 2. The first kappa shape index (κ1) is 13.1. The minimum atomic E-state index is -0.372. The van der Waals surface area contributed by atoms with E-state index in [1.807, 2.05) is 19.1 Å². The second-order valence-electron chi connectivity index (χ2n) is 4.21. The Morgan fingerprint density at radius 2 is 1.84 bits per heavy atom. The summed E-state index contributed by atoms with van der Waals surface area (Å²) >= 11 is 0. The first-order valence-corrected chi connectivity index (χ1v) is 5.96. The van der Waals surface area contributed by atoms with E-state index in [9.17, 15) is 9.18 Å². The molecule has 98 valence electrons. The fourth-order valence-corrected chi connectivity index (χ4v) is 1.82. The van der Waals surface area contributed by atoms with Gasteiger partial charge in [0.1, 0.15) is 5.82 Å². The lowest BCUT2D eigenvalue weighted by Crippen LogP contribution is -2.14. The van der Waals surface area contributed by atoms with Gasteiger partial charge in [0.15, 0.2) is 0 Å². The van der Waals surface area contributed by atoms with Crippen molar-refractivity contribution in [3.63, 3.8) is 0 Å². The molecule has 0 atom stereocenters. The van der Waals surface area contributed by atoms with Crippen molar-refractivity contribution in [2.45, 2.75) is 6.92 Å². The summed E-state index contributed by atoms with van der Waals surface area (Å²) in [5.74, 6) is -0.638. The minimum absolute atomic E-state index is 0.265. The number of para-hydroxylation sites is 1. The molecule has 4 heteroatoms. The van der Waals surface area contributed by atoms with Crippen LogP contribution in [0.25, 0.3) is 0 Å². The molecule has 2 rings (SSSR count). The molecule has 0 aliphatic carbocycles. The monoisotopic (exact) mass is 258 g/mol. The van der Waals surface area contributed by atoms with E-state index in [4.69, 9.17) is 0 Å². The van der Waals surface area contributed by atoms with Crippen LogP contribution in [0.3, 0.4) is 0 Å². The van der Waals surface area contributed by atoms with Crippen LogP contribution in [0.5, 0.6) is 0 Å². The van der Waals surface area contributed by atoms with Crippen LogP contribution < -0.4 is 10.6 Å². The molecule has 0 unspecified atom stereocenters. The van der Waals surface area contributed by atoms with Crippen LogP contribution in [0.2, 0.25) is 0 Å². The van der Waals surface area contributed by atoms with Gasteiger partial charge < -0.3 is 10.6 Å². The number of halogens is 1. The van der Waals surface area contributed by atoms with Crippen molar-refractivity contribution in [1.82, 2.24) is 0 Å². The van der Waals surface area contributed by atoms with Crippen LogP contribution in [-0.4, -0.2) is 13.0 Å². The van der Waals surface area contributed by atoms with Gasteiger partial charge in [0.05, 0.1) is 5.56 Å². The molecule has 0 saturated heterocycles. The summed E-state index contributed by atoms with van der Waals surface area (Å²) in [6, 6.07) is 11.5. The summed E-state index contributed by atoms with van der Waals surface area (Å²) in [5.41, 5.74) is 2.55. The van der Waals surface area contributed by atoms with E-state index in [0.717, 1.165) is 11.3 Å². The largest absolute Gasteiger partial charge is 0.387 e. The average molecular weight is 258 g/mol. The molecule has 3 nitrogen and oxygen atoms in total. The molecule has 2 aromatic carbocycles. The molecular weight excluding hydrogens is 243 g/mol. The first-order valence-electron chi connectivity index (χ1n) is 5.96. The number of hydrogen-bond donors (Lipinski definition) is 2. The fourth-order valence-electron chi connectivity index (χ4n) is 1.82. The Morgan fingerprint density at radius 3 is 2.58 bits per heavy atom. The highest BCUT2D eigenvalue weighted by Gasteiger charge is 2.11. The van der Waals surface area contributed by atoms with Crippen molar-refractivity contribution in [3.8, 4) is 0 Å². The highest BCUT2D eigenvalue weighted by Crippen LogP contribution is 2.20.